The first kappa shape index (κ1) is 8.65. The van der Waals surface area contributed by atoms with E-state index in [1.54, 1.807) is 0 Å². The lowest BCUT2D eigenvalue weighted by molar-refractivity contribution is 0.848. The predicted octanol–water partition coefficient (Wildman–Crippen LogP) is 1.88. The van der Waals surface area contributed by atoms with Gasteiger partial charge in [0.25, 0.3) is 0 Å². The Morgan fingerprint density at radius 3 is 3.00 bits per heavy atom. The summed E-state index contributed by atoms with van der Waals surface area (Å²) in [5, 5.41) is 0.437. The van der Waals surface area contributed by atoms with Crippen molar-refractivity contribution in [3.63, 3.8) is 0 Å². The maximum Gasteiger partial charge on any atom is 0.118 e. The zero-order valence-corrected chi connectivity index (χ0v) is 7.77. The zero-order valence-electron chi connectivity index (χ0n) is 6.95. The fraction of sp³-hybridized carbons (Fsp3) is 0.500. The molecule has 1 heterocycles. The summed E-state index contributed by atoms with van der Waals surface area (Å²) in [5.41, 5.74) is 0. The van der Waals surface area contributed by atoms with Crippen LogP contribution < -0.4 is 0 Å². The van der Waals surface area contributed by atoms with Gasteiger partial charge >= 0.3 is 0 Å². The molecule has 0 saturated carbocycles. The van der Waals surface area contributed by atoms with Crippen molar-refractivity contribution in [2.75, 3.05) is 0 Å². The topological polar surface area (TPSA) is 17.8 Å². The van der Waals surface area contributed by atoms with E-state index in [0.29, 0.717) is 5.25 Å². The molecule has 1 rings (SSSR count). The first-order chi connectivity index (χ1) is 5.20. The number of rotatable bonds is 3. The van der Waals surface area contributed by atoms with Crippen LogP contribution in [-0.4, -0.2) is 14.8 Å². The Labute approximate surface area is 72.0 Å². The predicted molar refractivity (Wildman–Crippen MR) is 49.3 cm³/mol. The minimum absolute atomic E-state index is 0.437. The van der Waals surface area contributed by atoms with Crippen molar-refractivity contribution in [3.05, 3.63) is 25.1 Å². The van der Waals surface area contributed by atoms with Crippen molar-refractivity contribution in [2.45, 2.75) is 17.9 Å². The van der Waals surface area contributed by atoms with Gasteiger partial charge in [-0.3, -0.25) is 0 Å². The number of aryl methyl sites for hydroxylation is 1. The van der Waals surface area contributed by atoms with E-state index < -0.39 is 0 Å². The standard InChI is InChI=1S/C8H13N2S/c1-7(2)11-6-8-9-4-5-10(8)3/h4-5,7H,1,6H2,2-3H3. The van der Waals surface area contributed by atoms with Crippen LogP contribution in [0.1, 0.15) is 12.7 Å². The van der Waals surface area contributed by atoms with Crippen LogP contribution in [0.25, 0.3) is 0 Å². The molecule has 0 saturated heterocycles. The van der Waals surface area contributed by atoms with Gasteiger partial charge < -0.3 is 4.57 Å². The highest BCUT2D eigenvalue weighted by molar-refractivity contribution is 7.99. The van der Waals surface area contributed by atoms with Gasteiger partial charge in [0.1, 0.15) is 5.82 Å². The molecule has 1 aromatic rings. The average Bonchev–Trinajstić information content (AvgIpc) is 2.31. The van der Waals surface area contributed by atoms with Gasteiger partial charge in [-0.1, -0.05) is 6.92 Å². The third-order valence-electron chi connectivity index (χ3n) is 1.42. The second kappa shape index (κ2) is 3.81. The zero-order chi connectivity index (χ0) is 8.27. The molecule has 0 bridgehead atoms. The van der Waals surface area contributed by atoms with Crippen LogP contribution in [0.3, 0.4) is 0 Å². The largest absolute Gasteiger partial charge is 0.337 e. The van der Waals surface area contributed by atoms with Gasteiger partial charge in [-0.25, -0.2) is 4.98 Å². The molecule has 61 valence electrons. The molecule has 2 nitrogen and oxygen atoms in total. The molecule has 0 aliphatic rings. The summed E-state index contributed by atoms with van der Waals surface area (Å²) in [5.74, 6) is 2.07. The van der Waals surface area contributed by atoms with Crippen molar-refractivity contribution in [2.24, 2.45) is 7.05 Å². The summed E-state index contributed by atoms with van der Waals surface area (Å²) in [6, 6.07) is 0. The van der Waals surface area contributed by atoms with Crippen LogP contribution in [0.15, 0.2) is 12.4 Å². The fourth-order valence-corrected chi connectivity index (χ4v) is 1.46. The van der Waals surface area contributed by atoms with Crippen molar-refractivity contribution >= 4 is 11.8 Å². The first-order valence-corrected chi connectivity index (χ1v) is 4.66. The molecule has 0 aliphatic heterocycles. The molecule has 0 fully saturated rings. The lowest BCUT2D eigenvalue weighted by atomic mass is 10.6. The lowest BCUT2D eigenvalue weighted by Crippen LogP contribution is -1.97. The Hall–Kier alpha value is -0.440. The molecule has 3 heteroatoms. The van der Waals surface area contributed by atoms with Gasteiger partial charge in [0.05, 0.1) is 5.75 Å². The molecule has 11 heavy (non-hydrogen) atoms. The van der Waals surface area contributed by atoms with Gasteiger partial charge in [-0.15, -0.1) is 0 Å². The Morgan fingerprint density at radius 2 is 2.55 bits per heavy atom. The van der Waals surface area contributed by atoms with Gasteiger partial charge in [0.15, 0.2) is 0 Å². The minimum Gasteiger partial charge on any atom is -0.337 e. The molecule has 0 amide bonds. The van der Waals surface area contributed by atoms with Crippen molar-refractivity contribution in [1.82, 2.24) is 9.55 Å². The summed E-state index contributed by atoms with van der Waals surface area (Å²) in [4.78, 5) is 4.20. The number of hydrogen-bond acceptors (Lipinski definition) is 2. The molecule has 0 spiro atoms. The summed E-state index contributed by atoms with van der Waals surface area (Å²) >= 11 is 1.81. The molecule has 1 unspecified atom stereocenters. The third-order valence-corrected chi connectivity index (χ3v) is 2.41. The number of imidazole rings is 1. The SMILES string of the molecule is [CH2]C(C)SCc1nccn1C. The summed E-state index contributed by atoms with van der Waals surface area (Å²) < 4.78 is 2.04. The van der Waals surface area contributed by atoms with Crippen LogP contribution in [0, 0.1) is 6.92 Å². The van der Waals surface area contributed by atoms with E-state index in [9.17, 15) is 0 Å². The van der Waals surface area contributed by atoms with E-state index in [-0.39, 0.29) is 0 Å². The molecule has 1 radical (unpaired) electrons. The normalized spacial score (nSPS) is 10.9. The maximum atomic E-state index is 4.20. The third kappa shape index (κ3) is 2.58. The van der Waals surface area contributed by atoms with E-state index in [1.807, 2.05) is 35.8 Å². The molecule has 1 atom stereocenters. The molecule has 0 aliphatic carbocycles. The smallest absolute Gasteiger partial charge is 0.118 e. The number of hydrogen-bond donors (Lipinski definition) is 0. The quantitative estimate of drug-likeness (QED) is 0.687. The minimum atomic E-state index is 0.437. The Balaban J connectivity index is 2.44. The van der Waals surface area contributed by atoms with E-state index >= 15 is 0 Å². The van der Waals surface area contributed by atoms with Gasteiger partial charge in [0.2, 0.25) is 0 Å². The number of aromatic nitrogens is 2. The Morgan fingerprint density at radius 1 is 1.82 bits per heavy atom. The second-order valence-electron chi connectivity index (χ2n) is 2.58. The van der Waals surface area contributed by atoms with E-state index in [1.165, 1.54) is 0 Å². The Bertz CT molecular complexity index is 218. The fourth-order valence-electron chi connectivity index (χ4n) is 0.752. The van der Waals surface area contributed by atoms with E-state index in [2.05, 4.69) is 18.8 Å². The first-order valence-electron chi connectivity index (χ1n) is 3.61. The molecular weight excluding hydrogens is 156 g/mol. The van der Waals surface area contributed by atoms with Crippen LogP contribution in [0.2, 0.25) is 0 Å². The van der Waals surface area contributed by atoms with Crippen LogP contribution in [-0.2, 0) is 12.8 Å². The molecule has 0 aromatic carbocycles. The molecular formula is C8H13N2S. The van der Waals surface area contributed by atoms with Crippen LogP contribution >= 0.6 is 11.8 Å². The molecule has 1 aromatic heterocycles. The van der Waals surface area contributed by atoms with Crippen molar-refractivity contribution in [3.8, 4) is 0 Å². The van der Waals surface area contributed by atoms with Gasteiger partial charge in [-0.05, 0) is 6.92 Å². The van der Waals surface area contributed by atoms with Crippen molar-refractivity contribution < 1.29 is 0 Å². The highest BCUT2D eigenvalue weighted by Gasteiger charge is 2.00. The van der Waals surface area contributed by atoms with E-state index in [0.717, 1.165) is 11.6 Å². The van der Waals surface area contributed by atoms with Crippen LogP contribution in [0.4, 0.5) is 0 Å². The number of thioether (sulfide) groups is 1. The van der Waals surface area contributed by atoms with Gasteiger partial charge in [0, 0.05) is 24.7 Å². The summed E-state index contributed by atoms with van der Waals surface area (Å²) in [6.45, 7) is 5.98. The second-order valence-corrected chi connectivity index (χ2v) is 4.00. The number of nitrogens with zero attached hydrogens (tertiary/aromatic N) is 2. The Kier molecular flexibility index (Phi) is 3.00. The average molecular weight is 169 g/mol. The van der Waals surface area contributed by atoms with E-state index in [4.69, 9.17) is 0 Å². The lowest BCUT2D eigenvalue weighted by Gasteiger charge is -2.03. The molecule has 0 N–H and O–H groups in total. The summed E-state index contributed by atoms with van der Waals surface area (Å²) in [7, 11) is 2.01. The monoisotopic (exact) mass is 169 g/mol. The highest BCUT2D eigenvalue weighted by Crippen LogP contribution is 2.14. The van der Waals surface area contributed by atoms with Gasteiger partial charge in [-0.2, -0.15) is 11.8 Å². The maximum absolute atomic E-state index is 4.20. The highest BCUT2D eigenvalue weighted by atomic mass is 32.2. The summed E-state index contributed by atoms with van der Waals surface area (Å²) in [6.07, 6.45) is 3.79. The van der Waals surface area contributed by atoms with Crippen LogP contribution in [0.5, 0.6) is 0 Å². The van der Waals surface area contributed by atoms with Crippen molar-refractivity contribution in [1.29, 1.82) is 0 Å².